The normalized spacial score (nSPS) is 14.3. The number of ether oxygens (including phenoxy) is 3. The van der Waals surface area contributed by atoms with Crippen LogP contribution in [-0.4, -0.2) is 41.4 Å². The number of amides is 1. The minimum absolute atomic E-state index is 0.0194. The Labute approximate surface area is 342 Å². The van der Waals surface area contributed by atoms with Crippen LogP contribution in [0, 0.1) is 17.1 Å². The Morgan fingerprint density at radius 3 is 2.08 bits per heavy atom. The van der Waals surface area contributed by atoms with Crippen molar-refractivity contribution in [1.29, 1.82) is 5.26 Å². The van der Waals surface area contributed by atoms with E-state index in [4.69, 9.17) is 24.9 Å². The number of carbonyl (C=O) groups is 1. The summed E-state index contributed by atoms with van der Waals surface area (Å²) in [6.07, 6.45) is 2.18. The molecule has 1 aliphatic rings. The van der Waals surface area contributed by atoms with E-state index in [1.807, 2.05) is 73.8 Å². The maximum absolute atomic E-state index is 17.6. The van der Waals surface area contributed by atoms with Gasteiger partial charge in [-0.15, -0.1) is 0 Å². The van der Waals surface area contributed by atoms with Gasteiger partial charge in [-0.1, -0.05) is 109 Å². The zero-order valence-electron chi connectivity index (χ0n) is 32.4. The van der Waals surface area contributed by atoms with Gasteiger partial charge in [0.1, 0.15) is 29.3 Å². The minimum atomic E-state index is -1.12. The topological polar surface area (TPSA) is 124 Å². The molecule has 1 saturated heterocycles. The van der Waals surface area contributed by atoms with Crippen LogP contribution in [-0.2, 0) is 10.3 Å². The number of benzene rings is 6. The number of anilines is 1. The average molecular weight is 784 g/mol. The van der Waals surface area contributed by atoms with E-state index in [9.17, 15) is 10.1 Å². The number of aromatic nitrogens is 2. The van der Waals surface area contributed by atoms with Crippen molar-refractivity contribution in [3.63, 3.8) is 0 Å². The van der Waals surface area contributed by atoms with Crippen molar-refractivity contribution in [1.82, 2.24) is 9.55 Å². The smallest absolute Gasteiger partial charge is 0.249 e. The highest BCUT2D eigenvalue weighted by Crippen LogP contribution is 2.46. The van der Waals surface area contributed by atoms with Crippen molar-refractivity contribution in [3.05, 3.63) is 203 Å². The van der Waals surface area contributed by atoms with Gasteiger partial charge >= 0.3 is 0 Å². The second-order valence-corrected chi connectivity index (χ2v) is 14.2. The largest absolute Gasteiger partial charge is 0.494 e. The van der Waals surface area contributed by atoms with Crippen molar-refractivity contribution in [2.45, 2.75) is 31.0 Å². The van der Waals surface area contributed by atoms with Crippen molar-refractivity contribution in [2.75, 3.05) is 25.1 Å². The summed E-state index contributed by atoms with van der Waals surface area (Å²) >= 11 is 0. The third kappa shape index (κ3) is 7.64. The number of primary amides is 1. The molecule has 1 unspecified atom stereocenters. The molecule has 1 amide bonds. The number of nitrogens with one attached hydrogen (secondary N) is 1. The summed E-state index contributed by atoms with van der Waals surface area (Å²) in [4.78, 5) is 18.4. The molecule has 3 N–H and O–H groups in total. The molecule has 10 heteroatoms. The number of rotatable bonds is 14. The van der Waals surface area contributed by atoms with Gasteiger partial charge in [-0.2, -0.15) is 5.26 Å². The van der Waals surface area contributed by atoms with E-state index in [1.165, 1.54) is 0 Å². The maximum Gasteiger partial charge on any atom is 0.249 e. The number of nitriles is 1. The van der Waals surface area contributed by atoms with Gasteiger partial charge in [0.15, 0.2) is 11.6 Å². The van der Waals surface area contributed by atoms with E-state index in [0.29, 0.717) is 60.3 Å². The van der Waals surface area contributed by atoms with Gasteiger partial charge in [0.2, 0.25) is 5.91 Å². The van der Waals surface area contributed by atoms with Gasteiger partial charge in [0.05, 0.1) is 37.1 Å². The van der Waals surface area contributed by atoms with Crippen LogP contribution in [0.1, 0.15) is 63.4 Å². The summed E-state index contributed by atoms with van der Waals surface area (Å²) < 4.78 is 37.6. The SMILES string of the molecule is CCOc1cc(O[C@H]2CCOC2)c(F)c(C(Nc2ccc(C#N)cc2)c2nc(-c3ccccc3C(N)=O)cn2C(c2ccccc2)(c2ccccc2)c2ccccc2)c1. The molecular formula is C49H42FN5O4. The van der Waals surface area contributed by atoms with Gasteiger partial charge < -0.3 is 29.8 Å². The number of imidazole rings is 1. The first-order valence-electron chi connectivity index (χ1n) is 19.5. The zero-order chi connectivity index (χ0) is 40.8. The summed E-state index contributed by atoms with van der Waals surface area (Å²) in [5, 5.41) is 13.3. The van der Waals surface area contributed by atoms with Gasteiger partial charge in [0, 0.05) is 41.1 Å². The van der Waals surface area contributed by atoms with Gasteiger partial charge in [-0.3, -0.25) is 4.79 Å². The second kappa shape index (κ2) is 17.1. The Bertz CT molecular complexity index is 2490. The molecule has 0 bridgehead atoms. The number of nitrogens with zero attached hydrogens (tertiary/aromatic N) is 3. The molecule has 0 aliphatic carbocycles. The lowest BCUT2D eigenvalue weighted by Gasteiger charge is -2.39. The summed E-state index contributed by atoms with van der Waals surface area (Å²) in [6, 6.07) is 48.6. The lowest BCUT2D eigenvalue weighted by Crippen LogP contribution is -2.39. The van der Waals surface area contributed by atoms with E-state index in [0.717, 1.165) is 16.7 Å². The lowest BCUT2D eigenvalue weighted by atomic mass is 9.76. The molecule has 1 aromatic heterocycles. The first-order valence-corrected chi connectivity index (χ1v) is 19.5. The standard InChI is InChI=1S/C49H42FN5O4/c1-2-58-39-28-42(45(50)44(29-39)59-38-26-27-57-32-38)46(53-37-24-22-33(30-51)23-25-37)48-54-43(40-20-12-13-21-41(40)47(52)56)31-55(48)49(34-14-6-3-7-15-34,35-16-8-4-9-17-35)36-18-10-5-11-19-36/h3-25,28-29,31,38,46,53H,2,26-27,32H2,1H3,(H2,52,56)/t38-,46?/m0/s1. The van der Waals surface area contributed by atoms with E-state index >= 15 is 4.39 Å². The Balaban J connectivity index is 1.50. The van der Waals surface area contributed by atoms with E-state index in [1.54, 1.807) is 54.6 Å². The number of hydrogen-bond donors (Lipinski definition) is 2. The predicted octanol–water partition coefficient (Wildman–Crippen LogP) is 9.27. The number of hydrogen-bond acceptors (Lipinski definition) is 7. The summed E-state index contributed by atoms with van der Waals surface area (Å²) in [5.74, 6) is -0.404. The summed E-state index contributed by atoms with van der Waals surface area (Å²) in [6.45, 7) is 3.04. The van der Waals surface area contributed by atoms with Gasteiger partial charge in [-0.25, -0.2) is 9.37 Å². The number of nitrogens with two attached hydrogens (primary N) is 1. The van der Waals surface area contributed by atoms with Crippen LogP contribution in [0.2, 0.25) is 0 Å². The molecule has 0 radical (unpaired) electrons. The van der Waals surface area contributed by atoms with E-state index in [2.05, 4.69) is 52.4 Å². The van der Waals surface area contributed by atoms with Crippen LogP contribution in [0.5, 0.6) is 11.5 Å². The molecule has 7 aromatic rings. The Morgan fingerprint density at radius 1 is 0.915 bits per heavy atom. The Morgan fingerprint density at radius 2 is 1.53 bits per heavy atom. The molecule has 9 nitrogen and oxygen atoms in total. The molecule has 0 saturated carbocycles. The fourth-order valence-corrected chi connectivity index (χ4v) is 7.89. The molecular weight excluding hydrogens is 742 g/mol. The fourth-order valence-electron chi connectivity index (χ4n) is 7.89. The molecule has 1 fully saturated rings. The molecule has 59 heavy (non-hydrogen) atoms. The molecule has 0 spiro atoms. The van der Waals surface area contributed by atoms with Gasteiger partial charge in [0.25, 0.3) is 0 Å². The van der Waals surface area contributed by atoms with Crippen molar-refractivity contribution in [3.8, 4) is 28.8 Å². The fraction of sp³-hybridized carbons (Fsp3) is 0.163. The minimum Gasteiger partial charge on any atom is -0.494 e. The van der Waals surface area contributed by atoms with E-state index < -0.39 is 23.3 Å². The Hall–Kier alpha value is -7.22. The van der Waals surface area contributed by atoms with Crippen LogP contribution >= 0.6 is 0 Å². The van der Waals surface area contributed by atoms with Crippen molar-refractivity contribution in [2.24, 2.45) is 5.73 Å². The lowest BCUT2D eigenvalue weighted by molar-refractivity contribution is 0.100. The van der Waals surface area contributed by atoms with Crippen LogP contribution in [0.25, 0.3) is 11.3 Å². The third-order valence-electron chi connectivity index (χ3n) is 10.6. The second-order valence-electron chi connectivity index (χ2n) is 14.2. The molecule has 1 aliphatic heterocycles. The molecule has 2 atom stereocenters. The quantitative estimate of drug-likeness (QED) is 0.105. The van der Waals surface area contributed by atoms with E-state index in [-0.39, 0.29) is 23.0 Å². The molecule has 6 aromatic carbocycles. The molecule has 2 heterocycles. The van der Waals surface area contributed by atoms with Crippen LogP contribution in [0.15, 0.2) is 158 Å². The molecule has 8 rings (SSSR count). The first-order chi connectivity index (χ1) is 28.9. The van der Waals surface area contributed by atoms with Crippen LogP contribution in [0.4, 0.5) is 10.1 Å². The predicted molar refractivity (Wildman–Crippen MR) is 225 cm³/mol. The zero-order valence-corrected chi connectivity index (χ0v) is 32.4. The number of halogens is 1. The first kappa shape index (κ1) is 38.6. The highest BCUT2D eigenvalue weighted by molar-refractivity contribution is 5.99. The van der Waals surface area contributed by atoms with Gasteiger partial charge in [-0.05, 0) is 60.0 Å². The summed E-state index contributed by atoms with van der Waals surface area (Å²) in [5.41, 5.74) is 10.1. The summed E-state index contributed by atoms with van der Waals surface area (Å²) in [7, 11) is 0. The van der Waals surface area contributed by atoms with Crippen molar-refractivity contribution >= 4 is 11.6 Å². The average Bonchev–Trinajstić information content (AvgIpc) is 3.97. The van der Waals surface area contributed by atoms with Crippen molar-refractivity contribution < 1.29 is 23.4 Å². The van der Waals surface area contributed by atoms with Crippen LogP contribution in [0.3, 0.4) is 0 Å². The third-order valence-corrected chi connectivity index (χ3v) is 10.6. The highest BCUT2D eigenvalue weighted by atomic mass is 19.1. The maximum atomic E-state index is 17.6. The monoisotopic (exact) mass is 783 g/mol. The Kier molecular flexibility index (Phi) is 11.2. The highest BCUT2D eigenvalue weighted by Gasteiger charge is 2.42. The molecule has 294 valence electrons. The van der Waals surface area contributed by atoms with Crippen LogP contribution < -0.4 is 20.5 Å². The number of carbonyl (C=O) groups excluding carboxylic acids is 1.